The van der Waals surface area contributed by atoms with Crippen LogP contribution >= 0.6 is 31.9 Å². The zero-order chi connectivity index (χ0) is 16.4. The molecule has 0 atom stereocenters. The summed E-state index contributed by atoms with van der Waals surface area (Å²) in [5, 5.41) is 0.881. The molecule has 0 aliphatic carbocycles. The van der Waals surface area contributed by atoms with Crippen LogP contribution in [0.5, 0.6) is 0 Å². The molecular weight excluding hydrogens is 420 g/mol. The van der Waals surface area contributed by atoms with Crippen LogP contribution in [-0.4, -0.2) is 5.78 Å². The van der Waals surface area contributed by atoms with Gasteiger partial charge in [-0.25, -0.2) is 0 Å². The van der Waals surface area contributed by atoms with Gasteiger partial charge in [-0.1, -0.05) is 37.6 Å². The second kappa shape index (κ2) is 7.02. The zero-order valence-corrected chi connectivity index (χ0v) is 15.9. The van der Waals surface area contributed by atoms with Crippen LogP contribution in [-0.2, 0) is 6.42 Å². The number of halogens is 2. The van der Waals surface area contributed by atoms with Crippen molar-refractivity contribution in [2.75, 3.05) is 0 Å². The maximum absolute atomic E-state index is 13.2. The summed E-state index contributed by atoms with van der Waals surface area (Å²) in [4.78, 5) is 13.2. The molecular formula is C19H16Br2O2. The lowest BCUT2D eigenvalue weighted by atomic mass is 9.98. The third-order valence-corrected chi connectivity index (χ3v) is 5.16. The Morgan fingerprint density at radius 2 is 1.70 bits per heavy atom. The highest BCUT2D eigenvalue weighted by atomic mass is 79.9. The SMILES string of the molecule is CCCCc1oc2ccccc2c1C(=O)c1c(Br)cccc1Br. The minimum absolute atomic E-state index is 0.0135. The van der Waals surface area contributed by atoms with Crippen molar-refractivity contribution in [3.8, 4) is 0 Å². The maximum Gasteiger partial charge on any atom is 0.199 e. The van der Waals surface area contributed by atoms with Crippen molar-refractivity contribution in [3.05, 3.63) is 68.3 Å². The number of carbonyl (C=O) groups is 1. The van der Waals surface area contributed by atoms with Gasteiger partial charge in [0.2, 0.25) is 0 Å². The topological polar surface area (TPSA) is 30.2 Å². The van der Waals surface area contributed by atoms with E-state index >= 15 is 0 Å². The Balaban J connectivity index is 2.19. The van der Waals surface area contributed by atoms with Crippen LogP contribution in [0.2, 0.25) is 0 Å². The number of carbonyl (C=O) groups excluding carboxylic acids is 1. The van der Waals surface area contributed by atoms with Crippen LogP contribution < -0.4 is 0 Å². The molecule has 0 bridgehead atoms. The molecule has 0 amide bonds. The molecule has 1 heterocycles. The molecule has 3 rings (SSSR count). The van der Waals surface area contributed by atoms with Gasteiger partial charge in [0.15, 0.2) is 5.78 Å². The molecule has 2 aromatic carbocycles. The first kappa shape index (κ1) is 16.5. The van der Waals surface area contributed by atoms with E-state index in [9.17, 15) is 4.79 Å². The van der Waals surface area contributed by atoms with Crippen LogP contribution in [0.4, 0.5) is 0 Å². The lowest BCUT2D eigenvalue weighted by molar-refractivity contribution is 0.103. The third-order valence-electron chi connectivity index (χ3n) is 3.84. The summed E-state index contributed by atoms with van der Waals surface area (Å²) in [7, 11) is 0. The zero-order valence-electron chi connectivity index (χ0n) is 12.7. The minimum atomic E-state index is -0.0135. The maximum atomic E-state index is 13.2. The molecule has 1 aromatic heterocycles. The first-order valence-corrected chi connectivity index (χ1v) is 9.21. The highest BCUT2D eigenvalue weighted by Crippen LogP contribution is 2.33. The van der Waals surface area contributed by atoms with E-state index in [1.54, 1.807) is 0 Å². The second-order valence-electron chi connectivity index (χ2n) is 5.43. The molecule has 0 aliphatic rings. The Hall–Kier alpha value is -1.39. The van der Waals surface area contributed by atoms with Gasteiger partial charge in [-0.05, 0) is 56.5 Å². The van der Waals surface area contributed by atoms with Gasteiger partial charge in [-0.2, -0.15) is 0 Å². The number of hydrogen-bond acceptors (Lipinski definition) is 2. The molecule has 4 heteroatoms. The van der Waals surface area contributed by atoms with Crippen LogP contribution in [0.3, 0.4) is 0 Å². The summed E-state index contributed by atoms with van der Waals surface area (Å²) >= 11 is 6.99. The lowest BCUT2D eigenvalue weighted by Crippen LogP contribution is -2.06. The molecule has 0 saturated carbocycles. The Kier molecular flexibility index (Phi) is 5.02. The summed E-state index contributed by atoms with van der Waals surface area (Å²) in [5.41, 5.74) is 2.09. The van der Waals surface area contributed by atoms with Gasteiger partial charge in [0.05, 0.1) is 11.1 Å². The molecule has 0 saturated heterocycles. The van der Waals surface area contributed by atoms with Gasteiger partial charge in [-0.3, -0.25) is 4.79 Å². The molecule has 118 valence electrons. The largest absolute Gasteiger partial charge is 0.460 e. The summed E-state index contributed by atoms with van der Waals surface area (Å²) in [5.74, 6) is 0.765. The predicted molar refractivity (Wildman–Crippen MR) is 100 cm³/mol. The summed E-state index contributed by atoms with van der Waals surface area (Å²) in [6.45, 7) is 2.13. The van der Waals surface area contributed by atoms with Gasteiger partial charge in [-0.15, -0.1) is 0 Å². The van der Waals surface area contributed by atoms with E-state index in [0.717, 1.165) is 44.9 Å². The van der Waals surface area contributed by atoms with Crippen molar-refractivity contribution >= 4 is 48.6 Å². The number of fused-ring (bicyclic) bond motifs is 1. The molecule has 0 aliphatic heterocycles. The van der Waals surface area contributed by atoms with Crippen molar-refractivity contribution in [2.45, 2.75) is 26.2 Å². The average Bonchev–Trinajstić information content (AvgIpc) is 2.90. The van der Waals surface area contributed by atoms with Gasteiger partial charge in [0, 0.05) is 20.8 Å². The van der Waals surface area contributed by atoms with Crippen molar-refractivity contribution in [2.24, 2.45) is 0 Å². The van der Waals surface area contributed by atoms with Gasteiger partial charge < -0.3 is 4.42 Å². The monoisotopic (exact) mass is 434 g/mol. The van der Waals surface area contributed by atoms with Gasteiger partial charge in [0.1, 0.15) is 11.3 Å². The second-order valence-corrected chi connectivity index (χ2v) is 7.13. The first-order chi connectivity index (χ1) is 11.1. The van der Waals surface area contributed by atoms with E-state index in [1.807, 2.05) is 42.5 Å². The predicted octanol–water partition coefficient (Wildman–Crippen LogP) is 6.53. The standard InChI is InChI=1S/C19H16Br2O2/c1-2-3-10-16-17(12-7-4-5-11-15(12)23-16)19(22)18-13(20)8-6-9-14(18)21/h4-9,11H,2-3,10H2,1H3. The number of ketones is 1. The lowest BCUT2D eigenvalue weighted by Gasteiger charge is -2.07. The van der Waals surface area contributed by atoms with E-state index in [4.69, 9.17) is 4.42 Å². The van der Waals surface area contributed by atoms with Gasteiger partial charge >= 0.3 is 0 Å². The Morgan fingerprint density at radius 1 is 1.00 bits per heavy atom. The van der Waals surface area contributed by atoms with E-state index in [0.29, 0.717) is 11.1 Å². The summed E-state index contributed by atoms with van der Waals surface area (Å²) in [6, 6.07) is 13.4. The number of hydrogen-bond donors (Lipinski definition) is 0. The number of unbranched alkanes of at least 4 members (excludes halogenated alkanes) is 1. The molecule has 0 unspecified atom stereocenters. The number of benzene rings is 2. The normalized spacial score (nSPS) is 11.1. The van der Waals surface area contributed by atoms with Crippen LogP contribution in [0.15, 0.2) is 55.8 Å². The van der Waals surface area contributed by atoms with Crippen LogP contribution in [0.1, 0.15) is 41.4 Å². The van der Waals surface area contributed by atoms with Crippen molar-refractivity contribution < 1.29 is 9.21 Å². The summed E-state index contributed by atoms with van der Waals surface area (Å²) < 4.78 is 7.53. The average molecular weight is 436 g/mol. The number of aryl methyl sites for hydroxylation is 1. The fraction of sp³-hybridized carbons (Fsp3) is 0.211. The van der Waals surface area contributed by atoms with Crippen molar-refractivity contribution in [3.63, 3.8) is 0 Å². The molecule has 0 radical (unpaired) electrons. The fourth-order valence-corrected chi connectivity index (χ4v) is 4.06. The third kappa shape index (κ3) is 3.15. The van der Waals surface area contributed by atoms with Crippen LogP contribution in [0, 0.1) is 0 Å². The molecule has 0 fully saturated rings. The van der Waals surface area contributed by atoms with Crippen molar-refractivity contribution in [1.82, 2.24) is 0 Å². The Morgan fingerprint density at radius 3 is 2.39 bits per heavy atom. The van der Waals surface area contributed by atoms with Gasteiger partial charge in [0.25, 0.3) is 0 Å². The fourth-order valence-electron chi connectivity index (χ4n) is 2.70. The Bertz CT molecular complexity index is 845. The molecule has 23 heavy (non-hydrogen) atoms. The van der Waals surface area contributed by atoms with Crippen molar-refractivity contribution in [1.29, 1.82) is 0 Å². The van der Waals surface area contributed by atoms with E-state index < -0.39 is 0 Å². The number of para-hydroxylation sites is 1. The molecule has 2 nitrogen and oxygen atoms in total. The quantitative estimate of drug-likeness (QED) is 0.426. The number of rotatable bonds is 5. The number of furan rings is 1. The highest BCUT2D eigenvalue weighted by Gasteiger charge is 2.24. The Labute approximate surface area is 152 Å². The molecule has 0 N–H and O–H groups in total. The van der Waals surface area contributed by atoms with Crippen LogP contribution in [0.25, 0.3) is 11.0 Å². The first-order valence-electron chi connectivity index (χ1n) is 7.62. The van der Waals surface area contributed by atoms with E-state index in [1.165, 1.54) is 0 Å². The summed E-state index contributed by atoms with van der Waals surface area (Å²) in [6.07, 6.45) is 2.83. The van der Waals surface area contributed by atoms with E-state index in [2.05, 4.69) is 38.8 Å². The highest BCUT2D eigenvalue weighted by molar-refractivity contribution is 9.11. The smallest absolute Gasteiger partial charge is 0.199 e. The molecule has 3 aromatic rings. The molecule has 0 spiro atoms. The van der Waals surface area contributed by atoms with E-state index in [-0.39, 0.29) is 5.78 Å². The minimum Gasteiger partial charge on any atom is -0.460 e.